The quantitative estimate of drug-likeness (QED) is 0.552. The number of nitrogens with zero attached hydrogens (tertiary/aromatic N) is 1. The van der Waals surface area contributed by atoms with Crippen LogP contribution in [0.5, 0.6) is 0 Å². The second-order valence-corrected chi connectivity index (χ2v) is 4.02. The largest absolute Gasteiger partial charge is 0.374 e. The molecule has 3 amide bonds. The zero-order chi connectivity index (χ0) is 12.7. The first-order valence-corrected chi connectivity index (χ1v) is 5.64. The summed E-state index contributed by atoms with van der Waals surface area (Å²) in [5.41, 5.74) is 0. The highest BCUT2D eigenvalue weighted by Gasteiger charge is 2.17. The molecule has 0 bridgehead atoms. The van der Waals surface area contributed by atoms with Gasteiger partial charge in [-0.05, 0) is 7.05 Å². The van der Waals surface area contributed by atoms with Crippen LogP contribution in [0.25, 0.3) is 0 Å². The Labute approximate surface area is 101 Å². The molecule has 98 valence electrons. The number of morpholine rings is 1. The van der Waals surface area contributed by atoms with Crippen molar-refractivity contribution in [2.75, 3.05) is 46.9 Å². The van der Waals surface area contributed by atoms with Gasteiger partial charge >= 0.3 is 6.03 Å². The number of hydrogen-bond acceptors (Lipinski definition) is 5. The molecule has 0 saturated carbocycles. The zero-order valence-electron chi connectivity index (χ0n) is 10.3. The van der Waals surface area contributed by atoms with E-state index in [2.05, 4.69) is 16.0 Å². The lowest BCUT2D eigenvalue weighted by molar-refractivity contribution is -0.121. The van der Waals surface area contributed by atoms with Gasteiger partial charge in [0.2, 0.25) is 5.91 Å². The van der Waals surface area contributed by atoms with Crippen LogP contribution in [0.2, 0.25) is 0 Å². The number of rotatable bonds is 4. The van der Waals surface area contributed by atoms with E-state index in [9.17, 15) is 9.59 Å². The summed E-state index contributed by atoms with van der Waals surface area (Å²) in [4.78, 5) is 24.1. The van der Waals surface area contributed by atoms with Gasteiger partial charge in [0.05, 0.1) is 19.3 Å². The van der Waals surface area contributed by atoms with Crippen molar-refractivity contribution in [2.45, 2.75) is 6.10 Å². The van der Waals surface area contributed by atoms with E-state index in [0.717, 1.165) is 13.1 Å². The summed E-state index contributed by atoms with van der Waals surface area (Å²) in [7, 11) is 3.29. The molecule has 0 radical (unpaired) electrons. The Bertz CT molecular complexity index is 266. The van der Waals surface area contributed by atoms with Crippen LogP contribution in [0, 0.1) is 0 Å². The molecule has 0 aromatic rings. The molecule has 3 N–H and O–H groups in total. The SMILES string of the molecule is CNC(=O)NC(=O)CN(C)CC1CNCCO1. The highest BCUT2D eigenvalue weighted by molar-refractivity contribution is 5.95. The molecule has 1 atom stereocenters. The van der Waals surface area contributed by atoms with Gasteiger partial charge < -0.3 is 15.4 Å². The predicted octanol–water partition coefficient (Wildman–Crippen LogP) is -1.64. The number of hydrogen-bond donors (Lipinski definition) is 3. The number of carbonyl (C=O) groups is 2. The Morgan fingerprint density at radius 2 is 2.29 bits per heavy atom. The van der Waals surface area contributed by atoms with Crippen molar-refractivity contribution < 1.29 is 14.3 Å². The van der Waals surface area contributed by atoms with Crippen LogP contribution >= 0.6 is 0 Å². The first kappa shape index (κ1) is 13.9. The molecule has 0 aliphatic carbocycles. The van der Waals surface area contributed by atoms with Crippen LogP contribution in [-0.2, 0) is 9.53 Å². The summed E-state index contributed by atoms with van der Waals surface area (Å²) in [5.74, 6) is -0.324. The molecule has 1 heterocycles. The average molecular weight is 244 g/mol. The summed E-state index contributed by atoms with van der Waals surface area (Å²) >= 11 is 0. The summed E-state index contributed by atoms with van der Waals surface area (Å²) < 4.78 is 5.52. The van der Waals surface area contributed by atoms with E-state index in [1.165, 1.54) is 7.05 Å². The molecule has 1 aliphatic rings. The van der Waals surface area contributed by atoms with Crippen molar-refractivity contribution in [1.82, 2.24) is 20.9 Å². The Morgan fingerprint density at radius 3 is 2.88 bits per heavy atom. The molecule has 1 aliphatic heterocycles. The lowest BCUT2D eigenvalue weighted by atomic mass is 10.3. The summed E-state index contributed by atoms with van der Waals surface area (Å²) in [6, 6.07) is -0.487. The second-order valence-electron chi connectivity index (χ2n) is 4.02. The van der Waals surface area contributed by atoms with Crippen molar-refractivity contribution in [3.63, 3.8) is 0 Å². The lowest BCUT2D eigenvalue weighted by Crippen LogP contribution is -2.47. The maximum absolute atomic E-state index is 11.4. The number of amides is 3. The zero-order valence-corrected chi connectivity index (χ0v) is 10.3. The molecule has 1 rings (SSSR count). The smallest absolute Gasteiger partial charge is 0.321 e. The highest BCUT2D eigenvalue weighted by Crippen LogP contribution is 1.98. The Kier molecular flexibility index (Phi) is 5.88. The van der Waals surface area contributed by atoms with E-state index >= 15 is 0 Å². The van der Waals surface area contributed by atoms with Crippen LogP contribution in [0.3, 0.4) is 0 Å². The number of ether oxygens (including phenoxy) is 1. The maximum atomic E-state index is 11.4. The van der Waals surface area contributed by atoms with Gasteiger partial charge in [-0.1, -0.05) is 0 Å². The maximum Gasteiger partial charge on any atom is 0.321 e. The average Bonchev–Trinajstić information content (AvgIpc) is 2.29. The third-order valence-electron chi connectivity index (χ3n) is 2.41. The van der Waals surface area contributed by atoms with Gasteiger partial charge in [0.25, 0.3) is 0 Å². The van der Waals surface area contributed by atoms with Crippen molar-refractivity contribution in [3.05, 3.63) is 0 Å². The molecular weight excluding hydrogens is 224 g/mol. The number of urea groups is 1. The van der Waals surface area contributed by atoms with Gasteiger partial charge in [-0.2, -0.15) is 0 Å². The minimum absolute atomic E-state index is 0.0987. The van der Waals surface area contributed by atoms with Crippen molar-refractivity contribution in [3.8, 4) is 0 Å². The normalized spacial score (nSPS) is 20.1. The second kappa shape index (κ2) is 7.21. The van der Waals surface area contributed by atoms with Crippen molar-refractivity contribution in [1.29, 1.82) is 0 Å². The molecule has 0 aromatic carbocycles. The fourth-order valence-electron chi connectivity index (χ4n) is 1.62. The van der Waals surface area contributed by atoms with Gasteiger partial charge in [-0.15, -0.1) is 0 Å². The third-order valence-corrected chi connectivity index (χ3v) is 2.41. The van der Waals surface area contributed by atoms with Gasteiger partial charge in [0.1, 0.15) is 0 Å². The van der Waals surface area contributed by atoms with E-state index in [4.69, 9.17) is 4.74 Å². The third kappa shape index (κ3) is 5.62. The fraction of sp³-hybridized carbons (Fsp3) is 0.800. The molecule has 7 nitrogen and oxygen atoms in total. The van der Waals surface area contributed by atoms with Crippen LogP contribution in [0.15, 0.2) is 0 Å². The minimum Gasteiger partial charge on any atom is -0.374 e. The van der Waals surface area contributed by atoms with Crippen molar-refractivity contribution >= 4 is 11.9 Å². The standard InChI is InChI=1S/C10H20N4O3/c1-11-10(16)13-9(15)7-14(2)6-8-5-12-3-4-17-8/h8,12H,3-7H2,1-2H3,(H2,11,13,15,16). The van der Waals surface area contributed by atoms with Crippen LogP contribution in [0.4, 0.5) is 4.79 Å². The fourth-order valence-corrected chi connectivity index (χ4v) is 1.62. The topological polar surface area (TPSA) is 82.7 Å². The summed E-state index contributed by atoms with van der Waals surface area (Å²) in [5, 5.41) is 7.76. The van der Waals surface area contributed by atoms with E-state index in [-0.39, 0.29) is 18.6 Å². The van der Waals surface area contributed by atoms with E-state index in [1.807, 2.05) is 11.9 Å². The molecular formula is C10H20N4O3. The Morgan fingerprint density at radius 1 is 1.53 bits per heavy atom. The lowest BCUT2D eigenvalue weighted by Gasteiger charge is -2.27. The molecule has 0 spiro atoms. The molecule has 1 fully saturated rings. The van der Waals surface area contributed by atoms with Crippen LogP contribution in [-0.4, -0.2) is 69.8 Å². The molecule has 1 saturated heterocycles. The van der Waals surface area contributed by atoms with E-state index in [0.29, 0.717) is 13.2 Å². The van der Waals surface area contributed by atoms with Crippen LogP contribution in [0.1, 0.15) is 0 Å². The van der Waals surface area contributed by atoms with Gasteiger partial charge in [-0.3, -0.25) is 15.0 Å². The molecule has 1 unspecified atom stereocenters. The predicted molar refractivity (Wildman–Crippen MR) is 62.7 cm³/mol. The van der Waals surface area contributed by atoms with Gasteiger partial charge in [0.15, 0.2) is 0 Å². The monoisotopic (exact) mass is 244 g/mol. The minimum atomic E-state index is -0.487. The number of carbonyl (C=O) groups excluding carboxylic acids is 2. The van der Waals surface area contributed by atoms with Gasteiger partial charge in [-0.25, -0.2) is 4.79 Å². The molecule has 7 heteroatoms. The van der Waals surface area contributed by atoms with Gasteiger partial charge in [0, 0.05) is 26.7 Å². The van der Waals surface area contributed by atoms with Crippen LogP contribution < -0.4 is 16.0 Å². The summed E-state index contributed by atoms with van der Waals surface area (Å²) in [6.07, 6.45) is 0.0987. The first-order chi connectivity index (χ1) is 8.11. The van der Waals surface area contributed by atoms with Crippen molar-refractivity contribution in [2.24, 2.45) is 0 Å². The number of likely N-dealkylation sites (N-methyl/N-ethyl adjacent to an activating group) is 1. The summed E-state index contributed by atoms with van der Waals surface area (Å²) in [6.45, 7) is 3.20. The highest BCUT2D eigenvalue weighted by atomic mass is 16.5. The number of imide groups is 1. The number of nitrogens with one attached hydrogen (secondary N) is 3. The molecule has 17 heavy (non-hydrogen) atoms. The Balaban J connectivity index is 2.21. The molecule has 0 aromatic heterocycles. The van der Waals surface area contributed by atoms with E-state index in [1.54, 1.807) is 0 Å². The van der Waals surface area contributed by atoms with E-state index < -0.39 is 6.03 Å². The first-order valence-electron chi connectivity index (χ1n) is 5.64. The Hall–Kier alpha value is -1.18.